The van der Waals surface area contributed by atoms with Crippen LogP contribution < -0.4 is 10.1 Å². The molecule has 8 nitrogen and oxygen atoms in total. The Bertz CT molecular complexity index is 1190. The first-order chi connectivity index (χ1) is 17.2. The zero-order valence-electron chi connectivity index (χ0n) is 23.3. The third-order valence-electron chi connectivity index (χ3n) is 6.46. The Balaban J connectivity index is 0.00000507. The Morgan fingerprint density at radius 3 is 2.13 bits per heavy atom. The maximum atomic E-state index is 13.5. The number of nitrogens with one attached hydrogen (secondary N) is 2. The van der Waals surface area contributed by atoms with Crippen molar-refractivity contribution in [3.63, 3.8) is 0 Å². The van der Waals surface area contributed by atoms with Gasteiger partial charge in [0.1, 0.15) is 17.3 Å². The molecule has 208 valence electrons. The second-order valence-corrected chi connectivity index (χ2v) is 11.5. The van der Waals surface area contributed by atoms with E-state index in [1.54, 1.807) is 29.2 Å². The number of ether oxygens (including phenoxy) is 1. The van der Waals surface area contributed by atoms with Gasteiger partial charge in [0.2, 0.25) is 0 Å². The van der Waals surface area contributed by atoms with E-state index in [9.17, 15) is 14.7 Å². The Kier molecular flexibility index (Phi) is 9.78. The molecule has 0 atom stereocenters. The molecule has 0 saturated heterocycles. The van der Waals surface area contributed by atoms with Crippen LogP contribution in [-0.4, -0.2) is 58.9 Å². The third kappa shape index (κ3) is 6.56. The topological polar surface area (TPSA) is 123 Å². The minimum atomic E-state index is -0.392. The number of nitrogens with zero attached hydrogens (tertiary/aromatic N) is 1. The molecule has 1 amide bonds. The number of hydrogen-bond acceptors (Lipinski definition) is 6. The fourth-order valence-corrected chi connectivity index (χ4v) is 4.48. The lowest BCUT2D eigenvalue weighted by molar-refractivity contribution is 0.0938. The molecule has 38 heavy (non-hydrogen) atoms. The van der Waals surface area contributed by atoms with Crippen LogP contribution >= 0.6 is 17.0 Å². The largest absolute Gasteiger partial charge is 0.507 e. The monoisotopic (exact) mass is 589 g/mol. The maximum Gasteiger partial charge on any atom is 0.255 e. The number of carbonyl (C=O) groups excluding carboxylic acids is 2. The molecule has 2 aromatic carbocycles. The van der Waals surface area contributed by atoms with Gasteiger partial charge in [0.05, 0.1) is 25.3 Å². The fourth-order valence-electron chi connectivity index (χ4n) is 4.48. The molecule has 0 saturated carbocycles. The van der Waals surface area contributed by atoms with Crippen LogP contribution in [-0.2, 0) is 17.4 Å². The van der Waals surface area contributed by atoms with Crippen molar-refractivity contribution in [3.8, 4) is 11.5 Å². The summed E-state index contributed by atoms with van der Waals surface area (Å²) in [7, 11) is 0. The molecule has 4 N–H and O–H groups in total. The highest BCUT2D eigenvalue weighted by Gasteiger charge is 2.31. The quantitative estimate of drug-likeness (QED) is 0.331. The average Bonchev–Trinajstić information content (AvgIpc) is 3.09. The highest BCUT2D eigenvalue weighted by Crippen LogP contribution is 2.40. The molecular formula is C29H40BrN3O5. The number of amides is 1. The first-order valence-electron chi connectivity index (χ1n) is 12.6. The number of aliphatic hydroxyl groups excluding tert-OH is 1. The number of phenols is 1. The second-order valence-electron chi connectivity index (χ2n) is 11.5. The molecule has 0 aliphatic carbocycles. The van der Waals surface area contributed by atoms with Crippen molar-refractivity contribution in [2.24, 2.45) is 0 Å². The number of fused-ring (bicyclic) bond motifs is 1. The van der Waals surface area contributed by atoms with Crippen molar-refractivity contribution in [2.45, 2.75) is 65.8 Å². The number of Topliss-reactive ketones (excluding diaryl/α,β-unsaturated/α-hetero) is 1. The van der Waals surface area contributed by atoms with E-state index in [1.807, 2.05) is 48.5 Å². The Morgan fingerprint density at radius 1 is 1.05 bits per heavy atom. The maximum absolute atomic E-state index is 13.5. The van der Waals surface area contributed by atoms with Gasteiger partial charge < -0.3 is 25.2 Å². The van der Waals surface area contributed by atoms with Crippen LogP contribution in [0.5, 0.6) is 11.5 Å². The number of aliphatic hydroxyl groups is 1. The molecule has 0 radical (unpaired) electrons. The summed E-state index contributed by atoms with van der Waals surface area (Å²) < 4.78 is 5.68. The summed E-state index contributed by atoms with van der Waals surface area (Å²) in [5, 5.41) is 31.4. The van der Waals surface area contributed by atoms with Crippen LogP contribution in [0.3, 0.4) is 0 Å². The first kappa shape index (κ1) is 31.3. The molecule has 1 aliphatic rings. The van der Waals surface area contributed by atoms with Crippen LogP contribution in [0.25, 0.3) is 0 Å². The standard InChI is InChI=1S/C29H39N3O5.BrH/c1-8-37-24-13-18-15-32(26(30)19(18)14-20(24)27(36)31-9-10-33)16-23(34)17-11-21(28(2,3)4)25(35)22(12-17)29(5,6)7;/h11-14,30,33,35H,8-10,15-16H2,1-7H3,(H,31,36);1H. The van der Waals surface area contributed by atoms with Crippen LogP contribution in [0.4, 0.5) is 0 Å². The number of halogens is 1. The number of rotatable bonds is 8. The zero-order chi connectivity index (χ0) is 27.7. The number of carbonyl (C=O) groups is 2. The summed E-state index contributed by atoms with van der Waals surface area (Å²) in [4.78, 5) is 27.8. The Morgan fingerprint density at radius 2 is 1.63 bits per heavy atom. The molecular weight excluding hydrogens is 550 g/mol. The predicted octanol–water partition coefficient (Wildman–Crippen LogP) is 4.71. The zero-order valence-corrected chi connectivity index (χ0v) is 25.0. The number of hydrogen-bond donors (Lipinski definition) is 4. The highest BCUT2D eigenvalue weighted by molar-refractivity contribution is 8.93. The molecule has 1 heterocycles. The average molecular weight is 591 g/mol. The minimum Gasteiger partial charge on any atom is -0.507 e. The van der Waals surface area contributed by atoms with Gasteiger partial charge in [-0.3, -0.25) is 15.0 Å². The van der Waals surface area contributed by atoms with Gasteiger partial charge in [-0.2, -0.15) is 0 Å². The number of amidine groups is 1. The number of aromatic hydroxyl groups is 1. The first-order valence-corrected chi connectivity index (χ1v) is 12.6. The van der Waals surface area contributed by atoms with Gasteiger partial charge in [0.15, 0.2) is 5.78 Å². The van der Waals surface area contributed by atoms with Crippen molar-refractivity contribution >= 4 is 34.5 Å². The van der Waals surface area contributed by atoms with Crippen molar-refractivity contribution in [2.75, 3.05) is 26.3 Å². The van der Waals surface area contributed by atoms with E-state index >= 15 is 0 Å². The van der Waals surface area contributed by atoms with Gasteiger partial charge in [-0.15, -0.1) is 17.0 Å². The van der Waals surface area contributed by atoms with E-state index in [-0.39, 0.29) is 70.4 Å². The Hall–Kier alpha value is -2.91. The molecule has 0 fully saturated rings. The SMILES string of the molecule is Br.CCOc1cc2c(cc1C(=O)NCCO)C(=N)N(CC(=O)c1cc(C(C)(C)C)c(O)c(C(C)(C)C)c1)C2. The Labute approximate surface area is 235 Å². The van der Waals surface area contributed by atoms with E-state index < -0.39 is 5.91 Å². The fraction of sp³-hybridized carbons (Fsp3) is 0.483. The predicted molar refractivity (Wildman–Crippen MR) is 154 cm³/mol. The molecule has 0 aromatic heterocycles. The van der Waals surface area contributed by atoms with Gasteiger partial charge in [-0.1, -0.05) is 41.5 Å². The summed E-state index contributed by atoms with van der Waals surface area (Å²) in [6.45, 7) is 14.4. The van der Waals surface area contributed by atoms with E-state index in [2.05, 4.69) is 5.32 Å². The summed E-state index contributed by atoms with van der Waals surface area (Å²) >= 11 is 0. The van der Waals surface area contributed by atoms with Crippen molar-refractivity contribution in [1.82, 2.24) is 10.2 Å². The van der Waals surface area contributed by atoms with Gasteiger partial charge in [0.25, 0.3) is 5.91 Å². The summed E-state index contributed by atoms with van der Waals surface area (Å²) in [5.41, 5.74) is 2.86. The number of phenolic OH excluding ortho intramolecular Hbond substituents is 1. The normalized spacial score (nSPS) is 13.2. The summed E-state index contributed by atoms with van der Waals surface area (Å²) in [6.07, 6.45) is 0. The van der Waals surface area contributed by atoms with E-state index in [0.717, 1.165) is 5.56 Å². The second kappa shape index (κ2) is 11.9. The van der Waals surface area contributed by atoms with Gasteiger partial charge >= 0.3 is 0 Å². The van der Waals surface area contributed by atoms with E-state index in [1.165, 1.54) is 0 Å². The molecule has 0 bridgehead atoms. The summed E-state index contributed by atoms with van der Waals surface area (Å²) in [5.74, 6) is 0.235. The molecule has 3 rings (SSSR count). The molecule has 2 aromatic rings. The van der Waals surface area contributed by atoms with Crippen molar-refractivity contribution < 1.29 is 24.5 Å². The summed E-state index contributed by atoms with van der Waals surface area (Å²) in [6, 6.07) is 6.89. The van der Waals surface area contributed by atoms with Gasteiger partial charge in [0, 0.05) is 35.3 Å². The molecule has 9 heteroatoms. The van der Waals surface area contributed by atoms with Gasteiger partial charge in [-0.05, 0) is 47.6 Å². The number of benzene rings is 2. The highest BCUT2D eigenvalue weighted by atomic mass is 79.9. The van der Waals surface area contributed by atoms with Crippen LogP contribution in [0.1, 0.15) is 91.4 Å². The lowest BCUT2D eigenvalue weighted by atomic mass is 9.78. The molecule has 0 unspecified atom stereocenters. The lowest BCUT2D eigenvalue weighted by Crippen LogP contribution is -2.31. The van der Waals surface area contributed by atoms with E-state index in [4.69, 9.17) is 15.3 Å². The number of ketones is 1. The van der Waals surface area contributed by atoms with Crippen LogP contribution in [0.2, 0.25) is 0 Å². The smallest absolute Gasteiger partial charge is 0.255 e. The lowest BCUT2D eigenvalue weighted by Gasteiger charge is -2.28. The third-order valence-corrected chi connectivity index (χ3v) is 6.46. The van der Waals surface area contributed by atoms with Crippen LogP contribution in [0, 0.1) is 5.41 Å². The van der Waals surface area contributed by atoms with Gasteiger partial charge in [-0.25, -0.2) is 0 Å². The van der Waals surface area contributed by atoms with Crippen molar-refractivity contribution in [3.05, 3.63) is 57.6 Å². The van der Waals surface area contributed by atoms with E-state index in [0.29, 0.717) is 41.2 Å². The minimum absolute atomic E-state index is 0. The van der Waals surface area contributed by atoms with Crippen molar-refractivity contribution in [1.29, 1.82) is 5.41 Å². The molecule has 1 aliphatic heterocycles. The molecule has 0 spiro atoms. The van der Waals surface area contributed by atoms with Crippen LogP contribution in [0.15, 0.2) is 24.3 Å².